The van der Waals surface area contributed by atoms with Crippen molar-refractivity contribution in [2.75, 3.05) is 13.2 Å². The first kappa shape index (κ1) is 25.0. The molecule has 8 heteroatoms. The molecule has 0 aliphatic carbocycles. The fraction of sp³-hybridized carbons (Fsp3) is 0.348. The number of ether oxygens (including phenoxy) is 1. The zero-order chi connectivity index (χ0) is 20.2. The van der Waals surface area contributed by atoms with E-state index in [2.05, 4.69) is 5.32 Å². The number of amides is 2. The first-order chi connectivity index (χ1) is 14.1. The van der Waals surface area contributed by atoms with Gasteiger partial charge in [0.05, 0.1) is 12.5 Å². The minimum absolute atomic E-state index is 0. The van der Waals surface area contributed by atoms with Crippen LogP contribution in [-0.4, -0.2) is 53.8 Å². The maximum atomic E-state index is 13.3. The Morgan fingerprint density at radius 2 is 1.61 bits per heavy atom. The molecule has 3 atom stereocenters. The van der Waals surface area contributed by atoms with Crippen LogP contribution in [0.2, 0.25) is 0 Å². The molecule has 0 unspecified atom stereocenters. The number of likely N-dealkylation sites (tertiary alicyclic amines) is 1. The first-order valence-electron chi connectivity index (χ1n) is 9.94. The van der Waals surface area contributed by atoms with E-state index in [4.69, 9.17) is 4.74 Å². The Bertz CT molecular complexity index is 895. The molecule has 4 rings (SSSR count). The quantitative estimate of drug-likeness (QED) is 0.713. The molecular weight excluding hydrogens is 432 g/mol. The molecule has 2 saturated heterocycles. The van der Waals surface area contributed by atoms with E-state index < -0.39 is 12.1 Å². The maximum absolute atomic E-state index is 13.3. The van der Waals surface area contributed by atoms with Crippen LogP contribution in [0.3, 0.4) is 0 Å². The average molecular weight is 461 g/mol. The standard InChI is InChI=1S/C23H24N2O4.2H2S/c26-19-15-29-20-11-12-25(22(19)20)23(28)18(13-16-7-3-1-4-8-16)24-21(27)14-17-9-5-2-6-10-17;;/h1-10,18,20,22H,11-15H2,(H,24,27);2*1H2/t18-,20+,22+;;/m0../s1. The highest BCUT2D eigenvalue weighted by Crippen LogP contribution is 2.27. The van der Waals surface area contributed by atoms with Gasteiger partial charge in [-0.05, 0) is 17.5 Å². The molecule has 0 bridgehead atoms. The summed E-state index contributed by atoms with van der Waals surface area (Å²) in [7, 11) is 0. The van der Waals surface area contributed by atoms with Crippen LogP contribution in [-0.2, 0) is 32.0 Å². The fourth-order valence-electron chi connectivity index (χ4n) is 4.12. The van der Waals surface area contributed by atoms with Crippen LogP contribution in [0.5, 0.6) is 0 Å². The molecule has 2 aliphatic rings. The number of nitrogens with zero attached hydrogens (tertiary/aromatic N) is 1. The predicted octanol–water partition coefficient (Wildman–Crippen LogP) is 1.75. The van der Waals surface area contributed by atoms with Gasteiger partial charge in [0, 0.05) is 13.0 Å². The second-order valence-electron chi connectivity index (χ2n) is 7.55. The van der Waals surface area contributed by atoms with Crippen LogP contribution in [0.4, 0.5) is 0 Å². The minimum atomic E-state index is -0.722. The summed E-state index contributed by atoms with van der Waals surface area (Å²) in [6, 6.07) is 17.8. The van der Waals surface area contributed by atoms with Crippen LogP contribution in [0.25, 0.3) is 0 Å². The van der Waals surface area contributed by atoms with Crippen molar-refractivity contribution in [2.24, 2.45) is 0 Å². The van der Waals surface area contributed by atoms with Crippen LogP contribution >= 0.6 is 27.0 Å². The number of carbonyl (C=O) groups is 3. The third-order valence-electron chi connectivity index (χ3n) is 5.52. The van der Waals surface area contributed by atoms with E-state index in [0.717, 1.165) is 11.1 Å². The third kappa shape index (κ3) is 5.90. The number of carbonyl (C=O) groups excluding carboxylic acids is 3. The number of rotatable bonds is 6. The van der Waals surface area contributed by atoms with Crippen molar-refractivity contribution in [3.63, 3.8) is 0 Å². The summed E-state index contributed by atoms with van der Waals surface area (Å²) in [5, 5.41) is 2.90. The summed E-state index contributed by atoms with van der Waals surface area (Å²) in [4.78, 5) is 39.8. The van der Waals surface area contributed by atoms with Gasteiger partial charge in [-0.15, -0.1) is 0 Å². The van der Waals surface area contributed by atoms with Gasteiger partial charge in [-0.1, -0.05) is 60.7 Å². The van der Waals surface area contributed by atoms with E-state index in [1.165, 1.54) is 0 Å². The van der Waals surface area contributed by atoms with E-state index >= 15 is 0 Å². The molecule has 2 fully saturated rings. The van der Waals surface area contributed by atoms with Gasteiger partial charge in [-0.3, -0.25) is 14.4 Å². The van der Waals surface area contributed by atoms with Crippen LogP contribution in [0, 0.1) is 0 Å². The van der Waals surface area contributed by atoms with Gasteiger partial charge in [0.15, 0.2) is 5.78 Å². The minimum Gasteiger partial charge on any atom is -0.368 e. The molecule has 2 heterocycles. The lowest BCUT2D eigenvalue weighted by Crippen LogP contribution is -2.53. The number of ketones is 1. The smallest absolute Gasteiger partial charge is 0.246 e. The molecule has 1 N–H and O–H groups in total. The summed E-state index contributed by atoms with van der Waals surface area (Å²) in [5.41, 5.74) is 1.84. The highest BCUT2D eigenvalue weighted by Gasteiger charge is 2.48. The van der Waals surface area contributed by atoms with E-state index in [1.54, 1.807) is 4.90 Å². The highest BCUT2D eigenvalue weighted by molar-refractivity contribution is 7.59. The third-order valence-corrected chi connectivity index (χ3v) is 5.52. The molecule has 2 aromatic carbocycles. The molecule has 2 amide bonds. The van der Waals surface area contributed by atoms with Gasteiger partial charge < -0.3 is 15.0 Å². The van der Waals surface area contributed by atoms with Crippen molar-refractivity contribution >= 4 is 44.6 Å². The summed E-state index contributed by atoms with van der Waals surface area (Å²) in [6.45, 7) is 0.530. The molecule has 31 heavy (non-hydrogen) atoms. The molecule has 0 saturated carbocycles. The fourth-order valence-corrected chi connectivity index (χ4v) is 4.12. The van der Waals surface area contributed by atoms with Crippen LogP contribution < -0.4 is 5.32 Å². The number of Topliss-reactive ketones (excluding diaryl/α,β-unsaturated/α-hetero) is 1. The summed E-state index contributed by atoms with van der Waals surface area (Å²) in [6.07, 6.45) is 1.01. The molecule has 2 aliphatic heterocycles. The SMILES string of the molecule is O=C(Cc1ccccc1)N[C@@H](Cc1ccccc1)C(=O)N1CC[C@H]2OCC(=O)[C@H]21.S.S. The van der Waals surface area contributed by atoms with Crippen molar-refractivity contribution in [3.8, 4) is 0 Å². The molecule has 0 aromatic heterocycles. The first-order valence-corrected chi connectivity index (χ1v) is 9.94. The van der Waals surface area contributed by atoms with E-state index in [-0.39, 0.29) is 63.7 Å². The van der Waals surface area contributed by atoms with Crippen molar-refractivity contribution in [2.45, 2.75) is 37.5 Å². The Morgan fingerprint density at radius 1 is 1.00 bits per heavy atom. The Kier molecular flexibility index (Phi) is 9.15. The molecular formula is C23H28N2O4S2. The van der Waals surface area contributed by atoms with Crippen molar-refractivity contribution < 1.29 is 19.1 Å². The lowest BCUT2D eigenvalue weighted by atomic mass is 10.0. The van der Waals surface area contributed by atoms with Crippen LogP contribution in [0.15, 0.2) is 60.7 Å². The number of hydrogen-bond donors (Lipinski definition) is 1. The van der Waals surface area contributed by atoms with Gasteiger partial charge in [0.1, 0.15) is 18.7 Å². The van der Waals surface area contributed by atoms with E-state index in [9.17, 15) is 14.4 Å². The number of nitrogens with one attached hydrogen (secondary N) is 1. The lowest BCUT2D eigenvalue weighted by molar-refractivity contribution is -0.139. The summed E-state index contributed by atoms with van der Waals surface area (Å²) in [5.74, 6) is -0.494. The molecule has 0 radical (unpaired) electrons. The number of fused-ring (bicyclic) bond motifs is 1. The number of benzene rings is 2. The zero-order valence-electron chi connectivity index (χ0n) is 17.1. The molecule has 2 aromatic rings. The van der Waals surface area contributed by atoms with Crippen LogP contribution in [0.1, 0.15) is 17.5 Å². The zero-order valence-corrected chi connectivity index (χ0v) is 19.1. The number of hydrogen-bond acceptors (Lipinski definition) is 4. The van der Waals surface area contributed by atoms with Gasteiger partial charge in [0.25, 0.3) is 0 Å². The Balaban J connectivity index is 0.00000171. The van der Waals surface area contributed by atoms with E-state index in [1.807, 2.05) is 60.7 Å². The predicted molar refractivity (Wildman–Crippen MR) is 128 cm³/mol. The van der Waals surface area contributed by atoms with Gasteiger partial charge in [-0.2, -0.15) is 27.0 Å². The summed E-state index contributed by atoms with van der Waals surface area (Å²) >= 11 is 0. The van der Waals surface area contributed by atoms with E-state index in [0.29, 0.717) is 19.4 Å². The van der Waals surface area contributed by atoms with Gasteiger partial charge >= 0.3 is 0 Å². The maximum Gasteiger partial charge on any atom is 0.246 e. The Hall–Kier alpha value is -2.29. The second kappa shape index (κ2) is 11.4. The van der Waals surface area contributed by atoms with Gasteiger partial charge in [0.2, 0.25) is 11.8 Å². The molecule has 0 spiro atoms. The van der Waals surface area contributed by atoms with Crippen molar-refractivity contribution in [3.05, 3.63) is 71.8 Å². The topological polar surface area (TPSA) is 75.7 Å². The lowest BCUT2D eigenvalue weighted by Gasteiger charge is -2.27. The average Bonchev–Trinajstić information content (AvgIpc) is 3.31. The summed E-state index contributed by atoms with van der Waals surface area (Å²) < 4.78 is 5.50. The molecule has 6 nitrogen and oxygen atoms in total. The monoisotopic (exact) mass is 460 g/mol. The normalized spacial score (nSPS) is 20.3. The Labute approximate surface area is 196 Å². The van der Waals surface area contributed by atoms with Crippen molar-refractivity contribution in [1.29, 1.82) is 0 Å². The molecule has 166 valence electrons. The Morgan fingerprint density at radius 3 is 2.26 bits per heavy atom. The largest absolute Gasteiger partial charge is 0.368 e. The van der Waals surface area contributed by atoms with Gasteiger partial charge in [-0.25, -0.2) is 0 Å². The van der Waals surface area contributed by atoms with Crippen molar-refractivity contribution in [1.82, 2.24) is 10.2 Å². The second-order valence-corrected chi connectivity index (χ2v) is 7.55. The highest BCUT2D eigenvalue weighted by atomic mass is 32.1.